The highest BCUT2D eigenvalue weighted by Gasteiger charge is 2.06. The predicted molar refractivity (Wildman–Crippen MR) is 67.5 cm³/mol. The minimum Gasteiger partial charge on any atom is -0.478 e. The van der Waals surface area contributed by atoms with Crippen LogP contribution in [0.5, 0.6) is 0 Å². The summed E-state index contributed by atoms with van der Waals surface area (Å²) in [5.74, 6) is -0.988. The molecule has 6 heteroatoms. The number of nitrogens with zero attached hydrogens (tertiary/aromatic N) is 3. The van der Waals surface area contributed by atoms with E-state index in [1.807, 2.05) is 23.6 Å². The summed E-state index contributed by atoms with van der Waals surface area (Å²) < 4.78 is 0. The highest BCUT2D eigenvalue weighted by molar-refractivity contribution is 7.10. The summed E-state index contributed by atoms with van der Waals surface area (Å²) >= 11 is 1.48. The van der Waals surface area contributed by atoms with Crippen molar-refractivity contribution >= 4 is 23.4 Å². The fraction of sp³-hybridized carbons (Fsp3) is 0.250. The van der Waals surface area contributed by atoms with Crippen LogP contribution in [0.4, 0.5) is 0 Å². The molecule has 0 fully saturated rings. The van der Waals surface area contributed by atoms with Gasteiger partial charge in [0, 0.05) is 17.5 Å². The predicted octanol–water partition coefficient (Wildman–Crippen LogP) is 1.70. The van der Waals surface area contributed by atoms with Crippen LogP contribution < -0.4 is 0 Å². The van der Waals surface area contributed by atoms with E-state index >= 15 is 0 Å². The second kappa shape index (κ2) is 7.23. The number of hydrogen-bond donors (Lipinski definition) is 1. The first kappa shape index (κ1) is 13.9. The van der Waals surface area contributed by atoms with Gasteiger partial charge in [-0.2, -0.15) is 10.5 Å². The molecule has 92 valence electrons. The van der Waals surface area contributed by atoms with Gasteiger partial charge in [-0.05, 0) is 23.1 Å². The molecule has 0 bridgehead atoms. The number of carboxylic acids is 1. The summed E-state index contributed by atoms with van der Waals surface area (Å²) in [5.41, 5.74) is 0.811. The van der Waals surface area contributed by atoms with Crippen molar-refractivity contribution in [2.24, 2.45) is 0 Å². The van der Waals surface area contributed by atoms with Crippen molar-refractivity contribution in [1.29, 1.82) is 10.5 Å². The molecule has 0 aliphatic carbocycles. The lowest BCUT2D eigenvalue weighted by atomic mass is 10.2. The van der Waals surface area contributed by atoms with E-state index in [2.05, 4.69) is 0 Å². The van der Waals surface area contributed by atoms with Gasteiger partial charge < -0.3 is 5.11 Å². The molecule has 0 saturated heterocycles. The monoisotopic (exact) mass is 261 g/mol. The molecule has 0 radical (unpaired) electrons. The molecule has 1 rings (SSSR count). The number of hydrogen-bond acceptors (Lipinski definition) is 5. The van der Waals surface area contributed by atoms with E-state index in [4.69, 9.17) is 15.6 Å². The molecule has 0 aliphatic heterocycles. The van der Waals surface area contributed by atoms with E-state index in [1.54, 1.807) is 4.90 Å². The van der Waals surface area contributed by atoms with Crippen LogP contribution in [-0.2, 0) is 11.3 Å². The number of nitriles is 2. The third-order valence-electron chi connectivity index (χ3n) is 2.06. The quantitative estimate of drug-likeness (QED) is 0.622. The maximum absolute atomic E-state index is 10.4. The zero-order chi connectivity index (χ0) is 13.4. The first-order chi connectivity index (χ1) is 8.65. The average molecular weight is 261 g/mol. The molecule has 1 aromatic heterocycles. The summed E-state index contributed by atoms with van der Waals surface area (Å²) in [6, 6.07) is 5.87. The zero-order valence-electron chi connectivity index (χ0n) is 9.54. The van der Waals surface area contributed by atoms with Crippen molar-refractivity contribution in [3.05, 3.63) is 28.0 Å². The van der Waals surface area contributed by atoms with Gasteiger partial charge in [0.1, 0.15) is 0 Å². The number of carboxylic acid groups (broad SMARTS) is 1. The standard InChI is InChI=1S/C12H11N3O2S/c13-3-5-15(6-4-14)8-11-7-10(9-18-11)1-2-12(16)17/h1-2,7,9H,5-6,8H2,(H,16,17). The first-order valence-corrected chi connectivity index (χ1v) is 5.98. The molecule has 1 N–H and O–H groups in total. The maximum atomic E-state index is 10.4. The third kappa shape index (κ3) is 4.79. The van der Waals surface area contributed by atoms with Gasteiger partial charge >= 0.3 is 5.97 Å². The average Bonchev–Trinajstić information content (AvgIpc) is 2.75. The molecular formula is C12H11N3O2S. The normalized spacial score (nSPS) is 10.4. The molecule has 5 nitrogen and oxygen atoms in total. The minimum atomic E-state index is -0.988. The lowest BCUT2D eigenvalue weighted by Gasteiger charge is -2.13. The smallest absolute Gasteiger partial charge is 0.328 e. The molecule has 0 aromatic carbocycles. The van der Waals surface area contributed by atoms with Crippen molar-refractivity contribution in [1.82, 2.24) is 4.90 Å². The van der Waals surface area contributed by atoms with Gasteiger partial charge in [0.2, 0.25) is 0 Å². The van der Waals surface area contributed by atoms with Gasteiger partial charge in [-0.1, -0.05) is 0 Å². The van der Waals surface area contributed by atoms with Crippen molar-refractivity contribution in [2.45, 2.75) is 6.54 Å². The Morgan fingerprint density at radius 3 is 2.67 bits per heavy atom. The van der Waals surface area contributed by atoms with Crippen molar-refractivity contribution < 1.29 is 9.90 Å². The van der Waals surface area contributed by atoms with Crippen LogP contribution in [0.25, 0.3) is 6.08 Å². The van der Waals surface area contributed by atoms with Gasteiger partial charge in [-0.15, -0.1) is 11.3 Å². The number of rotatable bonds is 6. The topological polar surface area (TPSA) is 88.1 Å². The molecule has 0 spiro atoms. The Labute approximate surface area is 109 Å². The molecular weight excluding hydrogens is 250 g/mol. The van der Waals surface area contributed by atoms with Crippen molar-refractivity contribution in [3.8, 4) is 12.1 Å². The highest BCUT2D eigenvalue weighted by atomic mass is 32.1. The van der Waals surface area contributed by atoms with E-state index in [0.29, 0.717) is 6.54 Å². The largest absolute Gasteiger partial charge is 0.478 e. The fourth-order valence-electron chi connectivity index (χ4n) is 1.32. The molecule has 0 aliphatic rings. The Bertz CT molecular complexity index is 506. The zero-order valence-corrected chi connectivity index (χ0v) is 10.4. The van der Waals surface area contributed by atoms with E-state index in [1.165, 1.54) is 17.4 Å². The number of thiophene rings is 1. The first-order valence-electron chi connectivity index (χ1n) is 5.10. The Kier molecular flexibility index (Phi) is 5.59. The summed E-state index contributed by atoms with van der Waals surface area (Å²) in [4.78, 5) is 13.1. The second-order valence-electron chi connectivity index (χ2n) is 3.48. The summed E-state index contributed by atoms with van der Waals surface area (Å²) in [6.07, 6.45) is 2.59. The number of carbonyl (C=O) groups is 1. The molecule has 0 unspecified atom stereocenters. The van der Waals surface area contributed by atoms with Crippen LogP contribution in [0, 0.1) is 22.7 Å². The Balaban J connectivity index is 2.65. The van der Waals surface area contributed by atoms with Gasteiger partial charge in [0.05, 0.1) is 25.2 Å². The van der Waals surface area contributed by atoms with Gasteiger partial charge in [-0.3, -0.25) is 4.90 Å². The second-order valence-corrected chi connectivity index (χ2v) is 4.48. The maximum Gasteiger partial charge on any atom is 0.328 e. The molecule has 0 amide bonds. The lowest BCUT2D eigenvalue weighted by molar-refractivity contribution is -0.131. The fourth-order valence-corrected chi connectivity index (χ4v) is 2.22. The van der Waals surface area contributed by atoms with Crippen molar-refractivity contribution in [2.75, 3.05) is 13.1 Å². The van der Waals surface area contributed by atoms with Crippen LogP contribution in [0.1, 0.15) is 10.4 Å². The lowest BCUT2D eigenvalue weighted by Crippen LogP contribution is -2.23. The van der Waals surface area contributed by atoms with Crippen molar-refractivity contribution in [3.63, 3.8) is 0 Å². The van der Waals surface area contributed by atoms with Gasteiger partial charge in [0.25, 0.3) is 0 Å². The van der Waals surface area contributed by atoms with Gasteiger partial charge in [0.15, 0.2) is 0 Å². The van der Waals surface area contributed by atoms with E-state index in [0.717, 1.165) is 16.5 Å². The van der Waals surface area contributed by atoms with Crippen LogP contribution in [0.2, 0.25) is 0 Å². The molecule has 1 heterocycles. The van der Waals surface area contributed by atoms with Crippen LogP contribution in [-0.4, -0.2) is 29.1 Å². The Morgan fingerprint density at radius 2 is 2.11 bits per heavy atom. The Hall–Kier alpha value is -2.15. The van der Waals surface area contributed by atoms with E-state index in [9.17, 15) is 4.79 Å². The Morgan fingerprint density at radius 1 is 1.44 bits per heavy atom. The van der Waals surface area contributed by atoms with Gasteiger partial charge in [-0.25, -0.2) is 4.79 Å². The highest BCUT2D eigenvalue weighted by Crippen LogP contribution is 2.17. The molecule has 18 heavy (non-hydrogen) atoms. The summed E-state index contributed by atoms with van der Waals surface area (Å²) in [6.45, 7) is 0.921. The molecule has 1 aromatic rings. The van der Waals surface area contributed by atoms with E-state index in [-0.39, 0.29) is 13.1 Å². The molecule has 0 saturated carbocycles. The summed E-state index contributed by atoms with van der Waals surface area (Å²) in [7, 11) is 0. The minimum absolute atomic E-state index is 0.200. The van der Waals surface area contributed by atoms with Crippen LogP contribution >= 0.6 is 11.3 Å². The summed E-state index contributed by atoms with van der Waals surface area (Å²) in [5, 5.41) is 27.6. The van der Waals surface area contributed by atoms with Crippen LogP contribution in [0.15, 0.2) is 17.5 Å². The molecule has 0 atom stereocenters. The van der Waals surface area contributed by atoms with E-state index < -0.39 is 5.97 Å². The third-order valence-corrected chi connectivity index (χ3v) is 3.00. The SMILES string of the molecule is N#CCN(CC#N)Cc1cc(C=CC(=O)O)cs1. The number of aliphatic carboxylic acids is 1. The van der Waals surface area contributed by atoms with Crippen LogP contribution in [0.3, 0.4) is 0 Å².